The predicted molar refractivity (Wildman–Crippen MR) is 83.8 cm³/mol. The van der Waals surface area contributed by atoms with Crippen molar-refractivity contribution in [3.63, 3.8) is 0 Å². The van der Waals surface area contributed by atoms with Crippen LogP contribution in [-0.4, -0.2) is 35.6 Å². The highest BCUT2D eigenvalue weighted by molar-refractivity contribution is 5.31. The van der Waals surface area contributed by atoms with E-state index in [0.29, 0.717) is 6.04 Å². The highest BCUT2D eigenvalue weighted by Gasteiger charge is 2.42. The summed E-state index contributed by atoms with van der Waals surface area (Å²) in [6.07, 6.45) is 5.07. The second-order valence-electron chi connectivity index (χ2n) is 6.29. The molecule has 1 saturated heterocycles. The lowest BCUT2D eigenvalue weighted by atomic mass is 9.90. The summed E-state index contributed by atoms with van der Waals surface area (Å²) < 4.78 is 13.7. The lowest BCUT2D eigenvalue weighted by molar-refractivity contribution is -0.0156. The van der Waals surface area contributed by atoms with Crippen LogP contribution in [0, 0.1) is 0 Å². The van der Waals surface area contributed by atoms with Crippen molar-refractivity contribution < 1.29 is 9.47 Å². The van der Waals surface area contributed by atoms with Gasteiger partial charge in [-0.15, -0.1) is 0 Å². The van der Waals surface area contributed by atoms with Crippen LogP contribution < -0.4 is 10.1 Å². The van der Waals surface area contributed by atoms with Gasteiger partial charge in [-0.05, 0) is 46.6 Å². The van der Waals surface area contributed by atoms with Gasteiger partial charge in [0.25, 0.3) is 0 Å². The molecule has 2 rings (SSSR count). The molecular formula is C16H29N3O2. The summed E-state index contributed by atoms with van der Waals surface area (Å²) in [5.74, 6) is 0.842. The average Bonchev–Trinajstić information content (AvgIpc) is 3.06. The largest absolute Gasteiger partial charge is 0.493 e. The van der Waals surface area contributed by atoms with E-state index in [2.05, 4.69) is 42.8 Å². The monoisotopic (exact) mass is 295 g/mol. The van der Waals surface area contributed by atoms with Gasteiger partial charge in [-0.1, -0.05) is 6.92 Å². The van der Waals surface area contributed by atoms with Crippen molar-refractivity contribution in [3.8, 4) is 5.75 Å². The zero-order valence-electron chi connectivity index (χ0n) is 14.0. The number of rotatable bonds is 7. The molecule has 5 heteroatoms. The van der Waals surface area contributed by atoms with E-state index in [0.717, 1.165) is 43.9 Å². The summed E-state index contributed by atoms with van der Waals surface area (Å²) in [5, 5.41) is 8.17. The number of nitrogens with one attached hydrogen (secondary N) is 1. The van der Waals surface area contributed by atoms with E-state index in [-0.39, 0.29) is 11.6 Å². The fourth-order valence-corrected chi connectivity index (χ4v) is 3.12. The Labute approximate surface area is 128 Å². The van der Waals surface area contributed by atoms with E-state index >= 15 is 0 Å². The van der Waals surface area contributed by atoms with Gasteiger partial charge in [0.05, 0.1) is 24.9 Å². The van der Waals surface area contributed by atoms with Crippen LogP contribution in [0.4, 0.5) is 0 Å². The molecule has 2 heterocycles. The van der Waals surface area contributed by atoms with Crippen molar-refractivity contribution in [1.82, 2.24) is 15.1 Å². The van der Waals surface area contributed by atoms with E-state index < -0.39 is 0 Å². The molecule has 21 heavy (non-hydrogen) atoms. The summed E-state index contributed by atoms with van der Waals surface area (Å²) in [6, 6.07) is 0.389. The van der Waals surface area contributed by atoms with Crippen LogP contribution in [0.25, 0.3) is 0 Å². The van der Waals surface area contributed by atoms with Gasteiger partial charge >= 0.3 is 0 Å². The maximum absolute atomic E-state index is 6.10. The first-order valence-corrected chi connectivity index (χ1v) is 8.02. The Morgan fingerprint density at radius 1 is 1.52 bits per heavy atom. The van der Waals surface area contributed by atoms with Crippen LogP contribution in [0.15, 0.2) is 6.20 Å². The average molecular weight is 295 g/mol. The highest BCUT2D eigenvalue weighted by Crippen LogP contribution is 2.41. The first-order valence-electron chi connectivity index (χ1n) is 8.02. The van der Waals surface area contributed by atoms with Crippen molar-refractivity contribution in [2.45, 2.75) is 64.6 Å². The van der Waals surface area contributed by atoms with Crippen LogP contribution in [0.2, 0.25) is 0 Å². The molecule has 1 aliphatic heterocycles. The SMILES string of the molecule is CCCNC(c1c(OC)cnn1C(C)C)C1(C)CCCO1. The molecule has 0 radical (unpaired) electrons. The van der Waals surface area contributed by atoms with Gasteiger partial charge in [-0.3, -0.25) is 4.68 Å². The summed E-state index contributed by atoms with van der Waals surface area (Å²) in [7, 11) is 1.71. The number of aromatic nitrogens is 2. The standard InChI is InChI=1S/C16H29N3O2/c1-6-9-17-15(16(4)8-7-10-21-16)14-13(20-5)11-18-19(14)12(2)3/h11-12,15,17H,6-10H2,1-5H3. The second-order valence-corrected chi connectivity index (χ2v) is 6.29. The number of hydrogen-bond acceptors (Lipinski definition) is 4. The smallest absolute Gasteiger partial charge is 0.161 e. The molecule has 1 aliphatic rings. The zero-order valence-corrected chi connectivity index (χ0v) is 14.0. The second kappa shape index (κ2) is 6.79. The summed E-state index contributed by atoms with van der Waals surface area (Å²) in [5.41, 5.74) is 0.903. The van der Waals surface area contributed by atoms with E-state index in [1.807, 2.05) is 6.20 Å². The Morgan fingerprint density at radius 3 is 2.81 bits per heavy atom. The van der Waals surface area contributed by atoms with E-state index in [9.17, 15) is 0 Å². The third-order valence-corrected chi connectivity index (χ3v) is 4.24. The van der Waals surface area contributed by atoms with Gasteiger partial charge in [-0.25, -0.2) is 0 Å². The molecule has 0 aromatic carbocycles. The molecule has 1 N–H and O–H groups in total. The Bertz CT molecular complexity index is 450. The Morgan fingerprint density at radius 2 is 2.29 bits per heavy atom. The molecule has 0 bridgehead atoms. The predicted octanol–water partition coefficient (Wildman–Crippen LogP) is 3.08. The van der Waals surface area contributed by atoms with Gasteiger partial charge in [0.15, 0.2) is 5.75 Å². The number of hydrogen-bond donors (Lipinski definition) is 1. The van der Waals surface area contributed by atoms with Gasteiger partial charge in [0.1, 0.15) is 5.69 Å². The third-order valence-electron chi connectivity index (χ3n) is 4.24. The van der Waals surface area contributed by atoms with Crippen molar-refractivity contribution in [3.05, 3.63) is 11.9 Å². The molecule has 1 fully saturated rings. The minimum atomic E-state index is -0.199. The maximum atomic E-state index is 6.10. The Balaban J connectivity index is 2.42. The lowest BCUT2D eigenvalue weighted by Gasteiger charge is -2.35. The molecule has 1 aromatic rings. The topological polar surface area (TPSA) is 48.3 Å². The quantitative estimate of drug-likeness (QED) is 0.840. The summed E-state index contributed by atoms with van der Waals surface area (Å²) in [4.78, 5) is 0. The van der Waals surface area contributed by atoms with Crippen molar-refractivity contribution in [2.24, 2.45) is 0 Å². The van der Waals surface area contributed by atoms with Crippen LogP contribution >= 0.6 is 0 Å². The van der Waals surface area contributed by atoms with Gasteiger partial charge in [-0.2, -0.15) is 5.10 Å². The first-order chi connectivity index (χ1) is 10.0. The molecule has 120 valence electrons. The molecular weight excluding hydrogens is 266 g/mol. The number of nitrogens with zero attached hydrogens (tertiary/aromatic N) is 2. The number of ether oxygens (including phenoxy) is 2. The Kier molecular flexibility index (Phi) is 5.27. The fourth-order valence-electron chi connectivity index (χ4n) is 3.12. The summed E-state index contributed by atoms with van der Waals surface area (Å²) in [6.45, 7) is 10.5. The number of methoxy groups -OCH3 is 1. The molecule has 0 aliphatic carbocycles. The molecule has 2 atom stereocenters. The van der Waals surface area contributed by atoms with Crippen molar-refractivity contribution in [1.29, 1.82) is 0 Å². The maximum Gasteiger partial charge on any atom is 0.161 e. The minimum absolute atomic E-state index is 0.0970. The van der Waals surface area contributed by atoms with Crippen molar-refractivity contribution in [2.75, 3.05) is 20.3 Å². The molecule has 0 saturated carbocycles. The highest BCUT2D eigenvalue weighted by atomic mass is 16.5. The van der Waals surface area contributed by atoms with E-state index in [1.165, 1.54) is 0 Å². The summed E-state index contributed by atoms with van der Waals surface area (Å²) >= 11 is 0. The Hall–Kier alpha value is -1.07. The molecule has 0 amide bonds. The normalized spacial score (nSPS) is 23.7. The van der Waals surface area contributed by atoms with Crippen LogP contribution in [0.3, 0.4) is 0 Å². The van der Waals surface area contributed by atoms with Crippen LogP contribution in [-0.2, 0) is 4.74 Å². The van der Waals surface area contributed by atoms with Gasteiger partial charge < -0.3 is 14.8 Å². The van der Waals surface area contributed by atoms with Crippen molar-refractivity contribution >= 4 is 0 Å². The van der Waals surface area contributed by atoms with Crippen LogP contribution in [0.1, 0.15) is 64.7 Å². The molecule has 5 nitrogen and oxygen atoms in total. The van der Waals surface area contributed by atoms with E-state index in [1.54, 1.807) is 7.11 Å². The van der Waals surface area contributed by atoms with Gasteiger partial charge in [0.2, 0.25) is 0 Å². The molecule has 0 spiro atoms. The molecule has 2 unspecified atom stereocenters. The van der Waals surface area contributed by atoms with Gasteiger partial charge in [0, 0.05) is 12.6 Å². The lowest BCUT2D eigenvalue weighted by Crippen LogP contribution is -2.43. The minimum Gasteiger partial charge on any atom is -0.493 e. The molecule has 1 aromatic heterocycles. The van der Waals surface area contributed by atoms with E-state index in [4.69, 9.17) is 9.47 Å². The van der Waals surface area contributed by atoms with Crippen LogP contribution in [0.5, 0.6) is 5.75 Å². The zero-order chi connectivity index (χ0) is 15.5. The third kappa shape index (κ3) is 3.24. The first kappa shape index (κ1) is 16.3. The fraction of sp³-hybridized carbons (Fsp3) is 0.812.